The lowest BCUT2D eigenvalue weighted by molar-refractivity contribution is 0.102. The highest BCUT2D eigenvalue weighted by atomic mass is 32.2. The van der Waals surface area contributed by atoms with E-state index in [4.69, 9.17) is 0 Å². The van der Waals surface area contributed by atoms with Gasteiger partial charge in [0, 0.05) is 53.0 Å². The summed E-state index contributed by atoms with van der Waals surface area (Å²) in [6.07, 6.45) is 0. The second-order valence-corrected chi connectivity index (χ2v) is 13.4. The van der Waals surface area contributed by atoms with Crippen molar-refractivity contribution in [1.82, 2.24) is 25.1 Å². The van der Waals surface area contributed by atoms with E-state index in [2.05, 4.69) is 30.4 Å². The molecule has 208 valence electrons. The van der Waals surface area contributed by atoms with Gasteiger partial charge in [-0.3, -0.25) is 14.8 Å². The minimum atomic E-state index is -2.92. The monoisotopic (exact) mass is 584 g/mol. The molecule has 5 aromatic rings. The number of hydrogen-bond acceptors (Lipinski definition) is 8. The van der Waals surface area contributed by atoms with E-state index in [0.717, 1.165) is 33.0 Å². The zero-order valence-electron chi connectivity index (χ0n) is 22.4. The molecule has 0 unspecified atom stereocenters. The first kappa shape index (κ1) is 27.0. The van der Waals surface area contributed by atoms with Gasteiger partial charge >= 0.3 is 0 Å². The SMILES string of the molecule is Cc1nc(-c2cccc(-c3n[nH]c(-c4ccc(NC(=O)c5cccc(CN6CCS(=O)(=O)CC6)c5)cc4)n3)c2)cs1. The molecule has 2 aromatic heterocycles. The number of sulfone groups is 1. The standard InChI is InChI=1S/C30H28N6O3S2/c1-20-31-27(19-40-20)23-5-3-6-24(17-23)29-33-28(34-35-29)22-8-10-26(11-9-22)32-30(37)25-7-2-4-21(16-25)18-36-12-14-41(38,39)15-13-36/h2-11,16-17,19H,12-15,18H2,1H3,(H,32,37)(H,33,34,35). The van der Waals surface area contributed by atoms with Crippen molar-refractivity contribution in [3.63, 3.8) is 0 Å². The Bertz CT molecular complexity index is 1800. The van der Waals surface area contributed by atoms with E-state index in [-0.39, 0.29) is 17.4 Å². The van der Waals surface area contributed by atoms with Gasteiger partial charge in [0.1, 0.15) is 0 Å². The Balaban J connectivity index is 1.10. The normalized spacial score (nSPS) is 15.0. The number of hydrogen-bond donors (Lipinski definition) is 2. The van der Waals surface area contributed by atoms with Gasteiger partial charge in [0.05, 0.1) is 22.2 Å². The quantitative estimate of drug-likeness (QED) is 0.275. The number of nitrogens with one attached hydrogen (secondary N) is 2. The van der Waals surface area contributed by atoms with E-state index in [9.17, 15) is 13.2 Å². The molecule has 1 amide bonds. The summed E-state index contributed by atoms with van der Waals surface area (Å²) < 4.78 is 23.4. The molecule has 0 bridgehead atoms. The largest absolute Gasteiger partial charge is 0.322 e. The predicted octanol–water partition coefficient (Wildman–Crippen LogP) is 5.05. The van der Waals surface area contributed by atoms with E-state index in [1.165, 1.54) is 0 Å². The fraction of sp³-hybridized carbons (Fsp3) is 0.200. The number of thiazole rings is 1. The van der Waals surface area contributed by atoms with E-state index < -0.39 is 9.84 Å². The van der Waals surface area contributed by atoms with Crippen LogP contribution >= 0.6 is 11.3 Å². The molecule has 0 saturated carbocycles. The molecule has 11 heteroatoms. The molecule has 3 aromatic carbocycles. The molecule has 1 saturated heterocycles. The van der Waals surface area contributed by atoms with Gasteiger partial charge in [-0.1, -0.05) is 30.3 Å². The molecule has 1 aliphatic rings. The van der Waals surface area contributed by atoms with Gasteiger partial charge in [-0.15, -0.1) is 11.3 Å². The Morgan fingerprint density at radius 3 is 2.46 bits per heavy atom. The molecule has 9 nitrogen and oxygen atoms in total. The van der Waals surface area contributed by atoms with Crippen LogP contribution in [0.25, 0.3) is 34.0 Å². The van der Waals surface area contributed by atoms with E-state index >= 15 is 0 Å². The first-order valence-electron chi connectivity index (χ1n) is 13.2. The number of amides is 1. The number of H-pyrrole nitrogens is 1. The van der Waals surface area contributed by atoms with Gasteiger partial charge in [0.2, 0.25) is 0 Å². The molecule has 0 aliphatic carbocycles. The van der Waals surface area contributed by atoms with Crippen molar-refractivity contribution in [2.75, 3.05) is 29.9 Å². The van der Waals surface area contributed by atoms with Gasteiger partial charge in [-0.2, -0.15) is 5.10 Å². The summed E-state index contributed by atoms with van der Waals surface area (Å²) in [6, 6.07) is 22.9. The maximum absolute atomic E-state index is 13.0. The van der Waals surface area contributed by atoms with Gasteiger partial charge in [-0.05, 0) is 55.0 Å². The van der Waals surface area contributed by atoms with Gasteiger partial charge in [-0.25, -0.2) is 18.4 Å². The first-order chi connectivity index (χ1) is 19.8. The van der Waals surface area contributed by atoms with Crippen LogP contribution in [0.5, 0.6) is 0 Å². The van der Waals surface area contributed by atoms with Gasteiger partial charge in [0.15, 0.2) is 21.5 Å². The molecule has 6 rings (SSSR count). The maximum atomic E-state index is 13.0. The highest BCUT2D eigenvalue weighted by Crippen LogP contribution is 2.27. The molecule has 41 heavy (non-hydrogen) atoms. The molecule has 2 N–H and O–H groups in total. The summed E-state index contributed by atoms with van der Waals surface area (Å²) in [5.41, 5.74) is 5.88. The number of aromatic nitrogens is 4. The Morgan fingerprint density at radius 2 is 1.71 bits per heavy atom. The molecule has 1 aliphatic heterocycles. The molecule has 1 fully saturated rings. The van der Waals surface area contributed by atoms with Gasteiger partial charge in [0.25, 0.3) is 5.91 Å². The van der Waals surface area contributed by atoms with Crippen LogP contribution in [0, 0.1) is 6.92 Å². The molecular weight excluding hydrogens is 557 g/mol. The van der Waals surface area contributed by atoms with Crippen LogP contribution in [0.1, 0.15) is 20.9 Å². The minimum Gasteiger partial charge on any atom is -0.322 e. The lowest BCUT2D eigenvalue weighted by atomic mass is 10.1. The van der Waals surface area contributed by atoms with Crippen LogP contribution in [0.15, 0.2) is 78.2 Å². The highest BCUT2D eigenvalue weighted by molar-refractivity contribution is 7.91. The number of rotatable bonds is 7. The third-order valence-electron chi connectivity index (χ3n) is 6.97. The first-order valence-corrected chi connectivity index (χ1v) is 15.9. The third-order valence-corrected chi connectivity index (χ3v) is 9.35. The van der Waals surface area contributed by atoms with Crippen LogP contribution in [0.4, 0.5) is 5.69 Å². The lowest BCUT2D eigenvalue weighted by Gasteiger charge is -2.26. The topological polar surface area (TPSA) is 121 Å². The Kier molecular flexibility index (Phi) is 7.48. The van der Waals surface area contributed by atoms with E-state index in [1.54, 1.807) is 17.4 Å². The Labute approximate surface area is 242 Å². The number of benzene rings is 3. The van der Waals surface area contributed by atoms with Crippen LogP contribution < -0.4 is 5.32 Å². The Hall–Kier alpha value is -4.19. The van der Waals surface area contributed by atoms with E-state index in [1.807, 2.05) is 79.0 Å². The summed E-state index contributed by atoms with van der Waals surface area (Å²) >= 11 is 1.62. The number of carbonyl (C=O) groups is 1. The number of aryl methyl sites for hydroxylation is 1. The second-order valence-electron chi connectivity index (χ2n) is 10.0. The minimum absolute atomic E-state index is 0.179. The second kappa shape index (κ2) is 11.4. The predicted molar refractivity (Wildman–Crippen MR) is 161 cm³/mol. The highest BCUT2D eigenvalue weighted by Gasteiger charge is 2.21. The van der Waals surface area contributed by atoms with Crippen molar-refractivity contribution >= 4 is 32.8 Å². The zero-order valence-corrected chi connectivity index (χ0v) is 24.0. The third kappa shape index (κ3) is 6.43. The van der Waals surface area contributed by atoms with E-state index in [0.29, 0.717) is 42.5 Å². The fourth-order valence-corrected chi connectivity index (χ4v) is 6.62. The Morgan fingerprint density at radius 1 is 0.951 bits per heavy atom. The van der Waals surface area contributed by atoms with Crippen molar-refractivity contribution in [2.45, 2.75) is 13.5 Å². The smallest absolute Gasteiger partial charge is 0.255 e. The molecule has 0 radical (unpaired) electrons. The number of nitrogens with zero attached hydrogens (tertiary/aromatic N) is 4. The van der Waals surface area contributed by atoms with Crippen LogP contribution in [-0.2, 0) is 16.4 Å². The fourth-order valence-electron chi connectivity index (χ4n) is 4.73. The maximum Gasteiger partial charge on any atom is 0.255 e. The summed E-state index contributed by atoms with van der Waals surface area (Å²) in [5.74, 6) is 1.37. The lowest BCUT2D eigenvalue weighted by Crippen LogP contribution is -2.39. The summed E-state index contributed by atoms with van der Waals surface area (Å²) in [5, 5.41) is 13.4. The molecular formula is C30H28N6O3S2. The zero-order chi connectivity index (χ0) is 28.4. The molecule has 0 atom stereocenters. The number of carbonyl (C=O) groups excluding carboxylic acids is 1. The average molecular weight is 585 g/mol. The van der Waals surface area contributed by atoms with Crippen molar-refractivity contribution in [2.24, 2.45) is 0 Å². The molecule has 3 heterocycles. The van der Waals surface area contributed by atoms with Crippen molar-refractivity contribution in [3.8, 4) is 34.0 Å². The van der Waals surface area contributed by atoms with Crippen LogP contribution in [0.3, 0.4) is 0 Å². The molecule has 0 spiro atoms. The van der Waals surface area contributed by atoms with Gasteiger partial charge < -0.3 is 5.32 Å². The van der Waals surface area contributed by atoms with Crippen LogP contribution in [-0.4, -0.2) is 64.0 Å². The van der Waals surface area contributed by atoms with Crippen LogP contribution in [0.2, 0.25) is 0 Å². The summed E-state index contributed by atoms with van der Waals surface area (Å²) in [4.78, 5) is 24.3. The van der Waals surface area contributed by atoms with Crippen molar-refractivity contribution in [3.05, 3.63) is 94.3 Å². The van der Waals surface area contributed by atoms with Crippen molar-refractivity contribution in [1.29, 1.82) is 0 Å². The summed E-state index contributed by atoms with van der Waals surface area (Å²) in [6.45, 7) is 3.62. The number of aromatic amines is 1. The average Bonchev–Trinajstić information content (AvgIpc) is 3.65. The number of anilines is 1. The summed E-state index contributed by atoms with van der Waals surface area (Å²) in [7, 11) is -2.92. The van der Waals surface area contributed by atoms with Crippen molar-refractivity contribution < 1.29 is 13.2 Å².